The summed E-state index contributed by atoms with van der Waals surface area (Å²) in [5.74, 6) is -1.57. The van der Waals surface area contributed by atoms with Crippen LogP contribution in [0.2, 0.25) is 0 Å². The third-order valence-corrected chi connectivity index (χ3v) is 3.89. The SMILES string of the molecule is CCN(C(=O)c1cc(C(F)(F)F)ccc1F)C1CCCC1. The van der Waals surface area contributed by atoms with Crippen LogP contribution < -0.4 is 0 Å². The molecule has 0 N–H and O–H groups in total. The fourth-order valence-electron chi connectivity index (χ4n) is 2.80. The number of hydrogen-bond donors (Lipinski definition) is 0. The van der Waals surface area contributed by atoms with Gasteiger partial charge < -0.3 is 4.90 Å². The summed E-state index contributed by atoms with van der Waals surface area (Å²) in [6, 6.07) is 1.96. The van der Waals surface area contributed by atoms with Crippen LogP contribution in [0.25, 0.3) is 0 Å². The predicted octanol–water partition coefficient (Wildman–Crippen LogP) is 4.25. The van der Waals surface area contributed by atoms with Gasteiger partial charge in [-0.05, 0) is 38.0 Å². The molecule has 1 aliphatic rings. The molecule has 2 nitrogen and oxygen atoms in total. The highest BCUT2D eigenvalue weighted by molar-refractivity contribution is 5.95. The van der Waals surface area contributed by atoms with Crippen molar-refractivity contribution >= 4 is 5.91 Å². The Balaban J connectivity index is 2.32. The lowest BCUT2D eigenvalue weighted by Crippen LogP contribution is -2.39. The predicted molar refractivity (Wildman–Crippen MR) is 70.4 cm³/mol. The normalized spacial score (nSPS) is 16.2. The molecule has 0 bridgehead atoms. The Labute approximate surface area is 120 Å². The monoisotopic (exact) mass is 303 g/mol. The lowest BCUT2D eigenvalue weighted by Gasteiger charge is -2.28. The van der Waals surface area contributed by atoms with Crippen molar-refractivity contribution < 1.29 is 22.4 Å². The van der Waals surface area contributed by atoms with Gasteiger partial charge in [0, 0.05) is 12.6 Å². The van der Waals surface area contributed by atoms with Crippen LogP contribution in [0.4, 0.5) is 17.6 Å². The second-order valence-electron chi connectivity index (χ2n) is 5.22. The molecule has 21 heavy (non-hydrogen) atoms. The summed E-state index contributed by atoms with van der Waals surface area (Å²) in [5, 5.41) is 0. The zero-order valence-electron chi connectivity index (χ0n) is 11.7. The number of amides is 1. The molecule has 116 valence electrons. The molecule has 0 aliphatic heterocycles. The van der Waals surface area contributed by atoms with Gasteiger partial charge in [-0.15, -0.1) is 0 Å². The minimum Gasteiger partial charge on any atom is -0.336 e. The molecule has 0 unspecified atom stereocenters. The van der Waals surface area contributed by atoms with E-state index in [1.165, 1.54) is 4.90 Å². The summed E-state index contributed by atoms with van der Waals surface area (Å²) < 4.78 is 51.9. The van der Waals surface area contributed by atoms with E-state index in [2.05, 4.69) is 0 Å². The summed E-state index contributed by atoms with van der Waals surface area (Å²) >= 11 is 0. The first-order chi connectivity index (χ1) is 9.84. The van der Waals surface area contributed by atoms with Crippen molar-refractivity contribution in [3.05, 3.63) is 35.1 Å². The van der Waals surface area contributed by atoms with Gasteiger partial charge in [0.15, 0.2) is 0 Å². The van der Waals surface area contributed by atoms with E-state index in [-0.39, 0.29) is 6.04 Å². The van der Waals surface area contributed by atoms with Crippen molar-refractivity contribution in [2.75, 3.05) is 6.54 Å². The fraction of sp³-hybridized carbons (Fsp3) is 0.533. The van der Waals surface area contributed by atoms with Gasteiger partial charge in [-0.1, -0.05) is 12.8 Å². The van der Waals surface area contributed by atoms with E-state index in [0.717, 1.165) is 25.7 Å². The number of carbonyl (C=O) groups is 1. The average molecular weight is 303 g/mol. The van der Waals surface area contributed by atoms with Gasteiger partial charge in [0.25, 0.3) is 5.91 Å². The second-order valence-corrected chi connectivity index (χ2v) is 5.22. The largest absolute Gasteiger partial charge is 0.416 e. The lowest BCUT2D eigenvalue weighted by atomic mass is 10.1. The lowest BCUT2D eigenvalue weighted by molar-refractivity contribution is -0.137. The maximum Gasteiger partial charge on any atom is 0.416 e. The Hall–Kier alpha value is -1.59. The highest BCUT2D eigenvalue weighted by atomic mass is 19.4. The molecule has 0 aromatic heterocycles. The zero-order chi connectivity index (χ0) is 15.6. The molecular weight excluding hydrogens is 286 g/mol. The average Bonchev–Trinajstić information content (AvgIpc) is 2.92. The van der Waals surface area contributed by atoms with Gasteiger partial charge in [-0.2, -0.15) is 13.2 Å². The molecule has 1 aromatic carbocycles. The molecule has 0 saturated heterocycles. The third kappa shape index (κ3) is 3.36. The molecule has 2 rings (SSSR count). The standard InChI is InChI=1S/C15H17F4NO/c1-2-20(11-5-3-4-6-11)14(21)12-9-10(15(17,18)19)7-8-13(12)16/h7-9,11H,2-6H2,1H3. The van der Waals surface area contributed by atoms with Crippen molar-refractivity contribution in [2.24, 2.45) is 0 Å². The van der Waals surface area contributed by atoms with Gasteiger partial charge in [0.1, 0.15) is 5.82 Å². The Morgan fingerprint density at radius 3 is 2.43 bits per heavy atom. The molecule has 1 saturated carbocycles. The Morgan fingerprint density at radius 1 is 1.29 bits per heavy atom. The number of rotatable bonds is 3. The zero-order valence-corrected chi connectivity index (χ0v) is 11.7. The highest BCUT2D eigenvalue weighted by Crippen LogP contribution is 2.31. The van der Waals surface area contributed by atoms with Gasteiger partial charge in [-0.3, -0.25) is 4.79 Å². The fourth-order valence-corrected chi connectivity index (χ4v) is 2.80. The number of benzene rings is 1. The number of hydrogen-bond acceptors (Lipinski definition) is 1. The molecule has 0 spiro atoms. The highest BCUT2D eigenvalue weighted by Gasteiger charge is 2.33. The first-order valence-corrected chi connectivity index (χ1v) is 7.02. The summed E-state index contributed by atoms with van der Waals surface area (Å²) in [4.78, 5) is 13.9. The first-order valence-electron chi connectivity index (χ1n) is 7.02. The van der Waals surface area contributed by atoms with E-state index in [1.807, 2.05) is 0 Å². The van der Waals surface area contributed by atoms with Crippen LogP contribution in [-0.4, -0.2) is 23.4 Å². The van der Waals surface area contributed by atoms with Crippen LogP contribution in [0.5, 0.6) is 0 Å². The van der Waals surface area contributed by atoms with Crippen LogP contribution in [0.3, 0.4) is 0 Å². The molecule has 0 radical (unpaired) electrons. The van der Waals surface area contributed by atoms with Crippen LogP contribution in [-0.2, 0) is 6.18 Å². The Kier molecular flexibility index (Phi) is 4.54. The van der Waals surface area contributed by atoms with E-state index in [4.69, 9.17) is 0 Å². The van der Waals surface area contributed by atoms with Crippen molar-refractivity contribution in [2.45, 2.75) is 44.8 Å². The van der Waals surface area contributed by atoms with Crippen LogP contribution in [0.15, 0.2) is 18.2 Å². The molecule has 6 heteroatoms. The molecular formula is C15H17F4NO. The Morgan fingerprint density at radius 2 is 1.90 bits per heavy atom. The number of alkyl halides is 3. The topological polar surface area (TPSA) is 20.3 Å². The second kappa shape index (κ2) is 6.03. The molecule has 1 aromatic rings. The minimum atomic E-state index is -4.59. The van der Waals surface area contributed by atoms with E-state index < -0.39 is 29.0 Å². The van der Waals surface area contributed by atoms with Gasteiger partial charge >= 0.3 is 6.18 Å². The summed E-state index contributed by atoms with van der Waals surface area (Å²) in [5.41, 5.74) is -1.51. The maximum absolute atomic E-state index is 13.8. The van der Waals surface area contributed by atoms with E-state index >= 15 is 0 Å². The summed E-state index contributed by atoms with van der Waals surface area (Å²) in [6.45, 7) is 2.11. The molecule has 1 amide bonds. The third-order valence-electron chi connectivity index (χ3n) is 3.89. The number of halogens is 4. The van der Waals surface area contributed by atoms with Crippen LogP contribution in [0, 0.1) is 5.82 Å². The van der Waals surface area contributed by atoms with Crippen molar-refractivity contribution in [3.63, 3.8) is 0 Å². The van der Waals surface area contributed by atoms with E-state index in [1.54, 1.807) is 6.92 Å². The first kappa shape index (κ1) is 15.8. The van der Waals surface area contributed by atoms with Gasteiger partial charge in [0.05, 0.1) is 11.1 Å². The van der Waals surface area contributed by atoms with Gasteiger partial charge in [-0.25, -0.2) is 4.39 Å². The Bertz CT molecular complexity index is 521. The molecule has 0 atom stereocenters. The summed E-state index contributed by atoms with van der Waals surface area (Å²) in [7, 11) is 0. The number of carbonyl (C=O) groups excluding carboxylic acids is 1. The van der Waals surface area contributed by atoms with Crippen LogP contribution in [0.1, 0.15) is 48.5 Å². The van der Waals surface area contributed by atoms with E-state index in [9.17, 15) is 22.4 Å². The number of nitrogens with zero attached hydrogens (tertiary/aromatic N) is 1. The van der Waals surface area contributed by atoms with Crippen molar-refractivity contribution in [3.8, 4) is 0 Å². The quantitative estimate of drug-likeness (QED) is 0.764. The smallest absolute Gasteiger partial charge is 0.336 e. The maximum atomic E-state index is 13.8. The van der Waals surface area contributed by atoms with Crippen LogP contribution >= 0.6 is 0 Å². The minimum absolute atomic E-state index is 0.00329. The molecule has 1 aliphatic carbocycles. The van der Waals surface area contributed by atoms with E-state index in [0.29, 0.717) is 24.7 Å². The van der Waals surface area contributed by atoms with Crippen molar-refractivity contribution in [1.82, 2.24) is 4.90 Å². The van der Waals surface area contributed by atoms with Crippen molar-refractivity contribution in [1.29, 1.82) is 0 Å². The molecule has 0 heterocycles. The molecule has 1 fully saturated rings. The summed E-state index contributed by atoms with van der Waals surface area (Å²) in [6.07, 6.45) is -0.980. The van der Waals surface area contributed by atoms with Gasteiger partial charge in [0.2, 0.25) is 0 Å².